The number of benzene rings is 1. The van der Waals surface area contributed by atoms with Crippen LogP contribution in [-0.2, 0) is 6.54 Å². The van der Waals surface area contributed by atoms with E-state index in [2.05, 4.69) is 20.3 Å². The summed E-state index contributed by atoms with van der Waals surface area (Å²) in [5.41, 5.74) is 2.47. The molecule has 1 saturated heterocycles. The molecule has 0 saturated carbocycles. The molecule has 0 unspecified atom stereocenters. The molecule has 0 atom stereocenters. The molecule has 3 aromatic rings. The molecule has 3 N–H and O–H groups in total. The number of H-pyrrole nitrogens is 1. The van der Waals surface area contributed by atoms with Crippen LogP contribution in [0.15, 0.2) is 35.3 Å². The fourth-order valence-electron chi connectivity index (χ4n) is 3.18. The van der Waals surface area contributed by atoms with Gasteiger partial charge in [0.05, 0.1) is 11.9 Å². The number of piperidine rings is 1. The van der Waals surface area contributed by atoms with Gasteiger partial charge < -0.3 is 10.4 Å². The van der Waals surface area contributed by atoms with Gasteiger partial charge >= 0.3 is 5.69 Å². The lowest BCUT2D eigenvalue weighted by Gasteiger charge is -2.22. The Kier molecular flexibility index (Phi) is 3.78. The van der Waals surface area contributed by atoms with Crippen molar-refractivity contribution in [3.8, 4) is 17.0 Å². The third-order valence-electron chi connectivity index (χ3n) is 4.54. The number of nitrogens with one attached hydrogen (secondary N) is 2. The van der Waals surface area contributed by atoms with E-state index in [0.29, 0.717) is 29.5 Å². The van der Waals surface area contributed by atoms with Gasteiger partial charge in [-0.2, -0.15) is 0 Å². The van der Waals surface area contributed by atoms with Crippen LogP contribution in [0.25, 0.3) is 22.6 Å². The fraction of sp³-hybridized carbons (Fsp3) is 0.353. The molecule has 1 aromatic carbocycles. The molecule has 124 valence electrons. The van der Waals surface area contributed by atoms with Gasteiger partial charge in [0.1, 0.15) is 5.75 Å². The lowest BCUT2D eigenvalue weighted by molar-refractivity contribution is 0.333. The molecule has 0 amide bonds. The maximum Gasteiger partial charge on any atom is 0.328 e. The Bertz CT molecular complexity index is 907. The van der Waals surface area contributed by atoms with Crippen LogP contribution in [0.2, 0.25) is 0 Å². The molecule has 0 radical (unpaired) electrons. The van der Waals surface area contributed by atoms with Crippen LogP contribution in [0.3, 0.4) is 0 Å². The number of phenolic OH excluding ortho intramolecular Hbond substituents is 1. The zero-order chi connectivity index (χ0) is 16.5. The van der Waals surface area contributed by atoms with Crippen molar-refractivity contribution in [2.75, 3.05) is 13.1 Å². The van der Waals surface area contributed by atoms with E-state index in [-0.39, 0.29) is 11.4 Å². The van der Waals surface area contributed by atoms with Crippen molar-refractivity contribution >= 4 is 11.3 Å². The summed E-state index contributed by atoms with van der Waals surface area (Å²) in [5, 5.41) is 12.8. The second kappa shape index (κ2) is 6.09. The zero-order valence-corrected chi connectivity index (χ0v) is 13.2. The fourth-order valence-corrected chi connectivity index (χ4v) is 3.18. The van der Waals surface area contributed by atoms with E-state index in [1.165, 1.54) is 0 Å². The third kappa shape index (κ3) is 2.78. The molecule has 1 fully saturated rings. The average Bonchev–Trinajstić information content (AvgIpc) is 2.91. The van der Waals surface area contributed by atoms with Gasteiger partial charge in [0.15, 0.2) is 11.3 Å². The van der Waals surface area contributed by atoms with E-state index in [9.17, 15) is 9.90 Å². The van der Waals surface area contributed by atoms with Crippen molar-refractivity contribution in [3.05, 3.63) is 40.9 Å². The lowest BCUT2D eigenvalue weighted by Crippen LogP contribution is -2.32. The Hall–Kier alpha value is -2.67. The lowest BCUT2D eigenvalue weighted by atomic mass is 9.98. The van der Waals surface area contributed by atoms with Crippen molar-refractivity contribution < 1.29 is 5.11 Å². The number of aromatic nitrogens is 4. The van der Waals surface area contributed by atoms with Gasteiger partial charge in [-0.15, -0.1) is 0 Å². The molecule has 3 heterocycles. The van der Waals surface area contributed by atoms with Crippen LogP contribution < -0.4 is 11.0 Å². The molecule has 0 aliphatic carbocycles. The van der Waals surface area contributed by atoms with Crippen LogP contribution >= 0.6 is 0 Å². The first-order valence-electron chi connectivity index (χ1n) is 8.16. The van der Waals surface area contributed by atoms with Crippen LogP contribution in [0.4, 0.5) is 0 Å². The highest BCUT2D eigenvalue weighted by Gasteiger charge is 2.18. The van der Waals surface area contributed by atoms with Crippen molar-refractivity contribution in [2.45, 2.75) is 19.4 Å². The summed E-state index contributed by atoms with van der Waals surface area (Å²) in [6.07, 6.45) is 3.76. The predicted octanol–water partition coefficient (Wildman–Crippen LogP) is 1.49. The minimum absolute atomic E-state index is 0.161. The maximum absolute atomic E-state index is 12.3. The van der Waals surface area contributed by atoms with Gasteiger partial charge in [-0.05, 0) is 56.1 Å². The standard InChI is InChI=1S/C17H19N5O2/c23-13-3-1-12(2-4-13)14-9-19-15-16(20-14)22(17(24)21-15)10-11-5-7-18-8-6-11/h1-4,9,11,18,23H,5-8,10H2,(H,19,21,24). The van der Waals surface area contributed by atoms with Crippen LogP contribution in [0.5, 0.6) is 5.75 Å². The van der Waals surface area contributed by atoms with Gasteiger partial charge in [-0.1, -0.05) is 0 Å². The summed E-state index contributed by atoms with van der Waals surface area (Å²) in [6.45, 7) is 2.65. The summed E-state index contributed by atoms with van der Waals surface area (Å²) in [6, 6.07) is 6.79. The largest absolute Gasteiger partial charge is 0.508 e. The number of imidazole rings is 1. The van der Waals surface area contributed by atoms with Crippen LogP contribution in [0, 0.1) is 5.92 Å². The first-order chi connectivity index (χ1) is 11.7. The summed E-state index contributed by atoms with van der Waals surface area (Å²) in [5.74, 6) is 0.680. The Balaban J connectivity index is 1.73. The van der Waals surface area contributed by atoms with E-state index in [4.69, 9.17) is 0 Å². The molecule has 4 rings (SSSR count). The number of nitrogens with zero attached hydrogens (tertiary/aromatic N) is 3. The normalized spacial score (nSPS) is 15.8. The number of aromatic amines is 1. The number of rotatable bonds is 3. The molecule has 2 aromatic heterocycles. The Labute approximate surface area is 138 Å². The van der Waals surface area contributed by atoms with Crippen LogP contribution in [-0.4, -0.2) is 37.7 Å². The van der Waals surface area contributed by atoms with E-state index >= 15 is 0 Å². The quantitative estimate of drug-likeness (QED) is 0.678. The molecule has 7 nitrogen and oxygen atoms in total. The number of phenols is 1. The highest BCUT2D eigenvalue weighted by atomic mass is 16.3. The second-order valence-electron chi connectivity index (χ2n) is 6.21. The van der Waals surface area contributed by atoms with E-state index in [0.717, 1.165) is 31.5 Å². The molecule has 0 bridgehead atoms. The van der Waals surface area contributed by atoms with Crippen LogP contribution in [0.1, 0.15) is 12.8 Å². The third-order valence-corrected chi connectivity index (χ3v) is 4.54. The number of aromatic hydroxyl groups is 1. The smallest absolute Gasteiger partial charge is 0.328 e. The number of hydrogen-bond donors (Lipinski definition) is 3. The second-order valence-corrected chi connectivity index (χ2v) is 6.21. The van der Waals surface area contributed by atoms with Gasteiger partial charge in [0, 0.05) is 12.1 Å². The maximum atomic E-state index is 12.3. The highest BCUT2D eigenvalue weighted by Crippen LogP contribution is 2.21. The highest BCUT2D eigenvalue weighted by molar-refractivity contribution is 5.71. The zero-order valence-electron chi connectivity index (χ0n) is 13.2. The Morgan fingerprint density at radius 2 is 1.96 bits per heavy atom. The molecule has 7 heteroatoms. The van der Waals surface area contributed by atoms with Gasteiger partial charge in [-0.3, -0.25) is 9.55 Å². The van der Waals surface area contributed by atoms with E-state index < -0.39 is 0 Å². The van der Waals surface area contributed by atoms with Crippen molar-refractivity contribution in [3.63, 3.8) is 0 Å². The first-order valence-corrected chi connectivity index (χ1v) is 8.16. The first kappa shape index (κ1) is 14.9. The average molecular weight is 325 g/mol. The Morgan fingerprint density at radius 3 is 2.71 bits per heavy atom. The van der Waals surface area contributed by atoms with Gasteiger partial charge in [-0.25, -0.2) is 14.8 Å². The molecular formula is C17H19N5O2. The van der Waals surface area contributed by atoms with Crippen molar-refractivity contribution in [1.29, 1.82) is 0 Å². The SMILES string of the molecule is O=c1[nH]c2ncc(-c3ccc(O)cc3)nc2n1CC1CCNCC1. The van der Waals surface area contributed by atoms with E-state index in [1.807, 2.05) is 0 Å². The predicted molar refractivity (Wildman–Crippen MR) is 90.8 cm³/mol. The topological polar surface area (TPSA) is 95.8 Å². The summed E-state index contributed by atoms with van der Waals surface area (Å²) < 4.78 is 1.70. The molecular weight excluding hydrogens is 306 g/mol. The minimum Gasteiger partial charge on any atom is -0.508 e. The van der Waals surface area contributed by atoms with E-state index in [1.54, 1.807) is 35.0 Å². The summed E-state index contributed by atoms with van der Waals surface area (Å²) in [4.78, 5) is 24.0. The summed E-state index contributed by atoms with van der Waals surface area (Å²) in [7, 11) is 0. The van der Waals surface area contributed by atoms with Gasteiger partial charge in [0.25, 0.3) is 0 Å². The van der Waals surface area contributed by atoms with Crippen molar-refractivity contribution in [2.24, 2.45) is 5.92 Å². The molecule has 1 aliphatic heterocycles. The van der Waals surface area contributed by atoms with Crippen molar-refractivity contribution in [1.82, 2.24) is 24.8 Å². The molecule has 0 spiro atoms. The number of fused-ring (bicyclic) bond motifs is 1. The minimum atomic E-state index is -0.161. The number of hydrogen-bond acceptors (Lipinski definition) is 5. The Morgan fingerprint density at radius 1 is 1.21 bits per heavy atom. The molecule has 24 heavy (non-hydrogen) atoms. The monoisotopic (exact) mass is 325 g/mol. The summed E-state index contributed by atoms with van der Waals surface area (Å²) >= 11 is 0. The van der Waals surface area contributed by atoms with Gasteiger partial charge in [0.2, 0.25) is 0 Å². The molecule has 1 aliphatic rings.